The standard InChI is InChI=1S/C21H16F4O/c1-2-3-4-14-5-7-15(8-6-14)16-9-11-18-17(13-16)10-12-19(20(18)22)26-21(23,24)25/h2,5-13H,1,3-4H2. The van der Waals surface area contributed by atoms with Crippen LogP contribution in [-0.2, 0) is 6.42 Å². The molecule has 0 aliphatic heterocycles. The van der Waals surface area contributed by atoms with Crippen LogP contribution in [0.2, 0.25) is 0 Å². The summed E-state index contributed by atoms with van der Waals surface area (Å²) >= 11 is 0. The molecule has 0 aliphatic carbocycles. The molecule has 0 fully saturated rings. The highest BCUT2D eigenvalue weighted by atomic mass is 19.4. The summed E-state index contributed by atoms with van der Waals surface area (Å²) in [4.78, 5) is 0. The normalized spacial score (nSPS) is 11.5. The van der Waals surface area contributed by atoms with Gasteiger partial charge in [-0.05, 0) is 47.1 Å². The minimum Gasteiger partial charge on any atom is -0.403 e. The zero-order valence-corrected chi connectivity index (χ0v) is 13.8. The topological polar surface area (TPSA) is 9.23 Å². The third-order valence-electron chi connectivity index (χ3n) is 4.07. The average Bonchev–Trinajstić information content (AvgIpc) is 2.61. The van der Waals surface area contributed by atoms with Crippen LogP contribution in [0.1, 0.15) is 12.0 Å². The Bertz CT molecular complexity index is 927. The lowest BCUT2D eigenvalue weighted by atomic mass is 9.99. The summed E-state index contributed by atoms with van der Waals surface area (Å²) in [6.07, 6.45) is -1.25. The maximum absolute atomic E-state index is 14.3. The van der Waals surface area contributed by atoms with Gasteiger partial charge in [0.2, 0.25) is 0 Å². The number of allylic oxidation sites excluding steroid dienone is 1. The number of rotatable bonds is 5. The molecule has 0 spiro atoms. The van der Waals surface area contributed by atoms with E-state index in [1.54, 1.807) is 12.1 Å². The van der Waals surface area contributed by atoms with Crippen LogP contribution in [0.5, 0.6) is 5.75 Å². The van der Waals surface area contributed by atoms with Crippen LogP contribution in [-0.4, -0.2) is 6.36 Å². The number of alkyl halides is 3. The number of fused-ring (bicyclic) bond motifs is 1. The number of hydrogen-bond donors (Lipinski definition) is 0. The Morgan fingerprint density at radius 2 is 1.62 bits per heavy atom. The quantitative estimate of drug-likeness (QED) is 0.365. The summed E-state index contributed by atoms with van der Waals surface area (Å²) < 4.78 is 55.0. The van der Waals surface area contributed by atoms with Gasteiger partial charge in [-0.15, -0.1) is 19.8 Å². The molecule has 0 aromatic heterocycles. The molecule has 0 radical (unpaired) electrons. The van der Waals surface area contributed by atoms with Crippen LogP contribution in [0.15, 0.2) is 67.3 Å². The van der Waals surface area contributed by atoms with Crippen molar-refractivity contribution in [3.8, 4) is 16.9 Å². The first-order valence-electron chi connectivity index (χ1n) is 8.05. The first-order valence-corrected chi connectivity index (χ1v) is 8.05. The van der Waals surface area contributed by atoms with Crippen LogP contribution < -0.4 is 4.74 Å². The van der Waals surface area contributed by atoms with Crippen LogP contribution in [0.3, 0.4) is 0 Å². The van der Waals surface area contributed by atoms with Crippen molar-refractivity contribution in [3.05, 3.63) is 78.6 Å². The number of ether oxygens (including phenoxy) is 1. The van der Waals surface area contributed by atoms with Crippen molar-refractivity contribution in [2.75, 3.05) is 0 Å². The summed E-state index contributed by atoms with van der Waals surface area (Å²) in [5.74, 6) is -1.85. The SMILES string of the molecule is C=CCCc1ccc(-c2ccc3c(F)c(OC(F)(F)F)ccc3c2)cc1. The molecule has 1 nitrogen and oxygen atoms in total. The fourth-order valence-electron chi connectivity index (χ4n) is 2.79. The molecule has 0 aliphatic rings. The van der Waals surface area contributed by atoms with E-state index in [1.807, 2.05) is 30.3 Å². The summed E-state index contributed by atoms with van der Waals surface area (Å²) in [6.45, 7) is 3.70. The van der Waals surface area contributed by atoms with Crippen molar-refractivity contribution < 1.29 is 22.3 Å². The highest BCUT2D eigenvalue weighted by Gasteiger charge is 2.32. The molecule has 5 heteroatoms. The minimum atomic E-state index is -4.93. The molecule has 3 rings (SSSR count). The summed E-state index contributed by atoms with van der Waals surface area (Å²) in [7, 11) is 0. The third kappa shape index (κ3) is 4.04. The predicted octanol–water partition coefficient (Wildman–Crippen LogP) is 6.66. The van der Waals surface area contributed by atoms with E-state index < -0.39 is 17.9 Å². The Labute approximate surface area is 148 Å². The smallest absolute Gasteiger partial charge is 0.403 e. The van der Waals surface area contributed by atoms with Crippen molar-refractivity contribution in [1.29, 1.82) is 0 Å². The molecule has 0 unspecified atom stereocenters. The van der Waals surface area contributed by atoms with Crippen LogP contribution >= 0.6 is 0 Å². The predicted molar refractivity (Wildman–Crippen MR) is 94.5 cm³/mol. The highest BCUT2D eigenvalue weighted by molar-refractivity contribution is 5.89. The molecular formula is C21H16F4O. The van der Waals surface area contributed by atoms with Crippen LogP contribution in [0.25, 0.3) is 21.9 Å². The van der Waals surface area contributed by atoms with E-state index in [1.165, 1.54) is 17.7 Å². The van der Waals surface area contributed by atoms with E-state index in [4.69, 9.17) is 0 Å². The van der Waals surface area contributed by atoms with Crippen molar-refractivity contribution >= 4 is 10.8 Å². The van der Waals surface area contributed by atoms with Gasteiger partial charge >= 0.3 is 6.36 Å². The van der Waals surface area contributed by atoms with Crippen LogP contribution in [0.4, 0.5) is 17.6 Å². The zero-order valence-electron chi connectivity index (χ0n) is 13.8. The van der Waals surface area contributed by atoms with Gasteiger partial charge in [-0.25, -0.2) is 4.39 Å². The molecule has 0 heterocycles. The highest BCUT2D eigenvalue weighted by Crippen LogP contribution is 2.33. The maximum Gasteiger partial charge on any atom is 0.573 e. The molecule has 0 saturated heterocycles. The Hall–Kier alpha value is -2.82. The van der Waals surface area contributed by atoms with Gasteiger partial charge in [-0.3, -0.25) is 0 Å². The van der Waals surface area contributed by atoms with Gasteiger partial charge in [0, 0.05) is 5.39 Å². The van der Waals surface area contributed by atoms with E-state index in [9.17, 15) is 17.6 Å². The first-order chi connectivity index (χ1) is 12.4. The molecular weight excluding hydrogens is 344 g/mol. The van der Waals surface area contributed by atoms with E-state index in [2.05, 4.69) is 11.3 Å². The Balaban J connectivity index is 1.92. The van der Waals surface area contributed by atoms with Gasteiger partial charge in [0.15, 0.2) is 11.6 Å². The lowest BCUT2D eigenvalue weighted by Crippen LogP contribution is -2.17. The summed E-state index contributed by atoms with van der Waals surface area (Å²) in [6, 6.07) is 15.3. The molecule has 134 valence electrons. The van der Waals surface area contributed by atoms with Crippen molar-refractivity contribution in [2.24, 2.45) is 0 Å². The second-order valence-electron chi connectivity index (χ2n) is 5.89. The second-order valence-corrected chi connectivity index (χ2v) is 5.89. The summed E-state index contributed by atoms with van der Waals surface area (Å²) in [5, 5.41) is 0.586. The minimum absolute atomic E-state index is 0.0816. The maximum atomic E-state index is 14.3. The molecule has 26 heavy (non-hydrogen) atoms. The molecule has 0 saturated carbocycles. The lowest BCUT2D eigenvalue weighted by molar-refractivity contribution is -0.275. The van der Waals surface area contributed by atoms with Gasteiger partial charge < -0.3 is 4.74 Å². The molecule has 3 aromatic rings. The van der Waals surface area contributed by atoms with Crippen molar-refractivity contribution in [3.63, 3.8) is 0 Å². The number of benzene rings is 3. The van der Waals surface area contributed by atoms with E-state index >= 15 is 0 Å². The molecule has 0 bridgehead atoms. The second kappa shape index (κ2) is 7.20. The van der Waals surface area contributed by atoms with Crippen molar-refractivity contribution in [1.82, 2.24) is 0 Å². The lowest BCUT2D eigenvalue weighted by Gasteiger charge is -2.12. The first kappa shape index (κ1) is 18.0. The van der Waals surface area contributed by atoms with Gasteiger partial charge in [0.1, 0.15) is 0 Å². The third-order valence-corrected chi connectivity index (χ3v) is 4.07. The van der Waals surface area contributed by atoms with Gasteiger partial charge in [0.05, 0.1) is 0 Å². The monoisotopic (exact) mass is 360 g/mol. The van der Waals surface area contributed by atoms with Crippen molar-refractivity contribution in [2.45, 2.75) is 19.2 Å². The number of aryl methyl sites for hydroxylation is 1. The average molecular weight is 360 g/mol. The van der Waals surface area contributed by atoms with E-state index in [0.717, 1.165) is 30.0 Å². The molecule has 3 aromatic carbocycles. The Morgan fingerprint density at radius 3 is 2.27 bits per heavy atom. The number of halogens is 4. The Morgan fingerprint density at radius 1 is 0.923 bits per heavy atom. The molecule has 0 amide bonds. The fraction of sp³-hybridized carbons (Fsp3) is 0.143. The van der Waals surface area contributed by atoms with Crippen LogP contribution in [0, 0.1) is 5.82 Å². The number of hydrogen-bond acceptors (Lipinski definition) is 1. The molecule has 0 N–H and O–H groups in total. The Kier molecular flexibility index (Phi) is 4.98. The van der Waals surface area contributed by atoms with E-state index in [-0.39, 0.29) is 5.39 Å². The zero-order chi connectivity index (χ0) is 18.7. The van der Waals surface area contributed by atoms with Gasteiger partial charge in [-0.1, -0.05) is 48.5 Å². The largest absolute Gasteiger partial charge is 0.573 e. The van der Waals surface area contributed by atoms with Gasteiger partial charge in [0.25, 0.3) is 0 Å². The van der Waals surface area contributed by atoms with Gasteiger partial charge in [-0.2, -0.15) is 0 Å². The fourth-order valence-corrected chi connectivity index (χ4v) is 2.79. The van der Waals surface area contributed by atoms with E-state index in [0.29, 0.717) is 5.39 Å². The summed E-state index contributed by atoms with van der Waals surface area (Å²) in [5.41, 5.74) is 3.00. The molecule has 0 atom stereocenters.